The molecule has 0 bridgehead atoms. The SMILES string of the molecule is CCC1OC(C)C(N)C(OC)C1O. The molecule has 1 heterocycles. The van der Waals surface area contributed by atoms with E-state index in [0.717, 1.165) is 6.42 Å². The Labute approximate surface area is 79.0 Å². The lowest BCUT2D eigenvalue weighted by Crippen LogP contribution is -2.60. The smallest absolute Gasteiger partial charge is 0.108 e. The summed E-state index contributed by atoms with van der Waals surface area (Å²) in [4.78, 5) is 0. The highest BCUT2D eigenvalue weighted by molar-refractivity contribution is 4.93. The van der Waals surface area contributed by atoms with Crippen LogP contribution in [0.25, 0.3) is 0 Å². The third-order valence-corrected chi connectivity index (χ3v) is 2.70. The van der Waals surface area contributed by atoms with E-state index in [1.54, 1.807) is 7.11 Å². The third-order valence-electron chi connectivity index (χ3n) is 2.70. The second-order valence-corrected chi connectivity index (χ2v) is 3.56. The maximum absolute atomic E-state index is 9.79. The van der Waals surface area contributed by atoms with Crippen molar-refractivity contribution >= 4 is 0 Å². The summed E-state index contributed by atoms with van der Waals surface area (Å²) >= 11 is 0. The van der Waals surface area contributed by atoms with Crippen molar-refractivity contribution in [2.75, 3.05) is 7.11 Å². The second-order valence-electron chi connectivity index (χ2n) is 3.56. The van der Waals surface area contributed by atoms with Crippen molar-refractivity contribution in [3.8, 4) is 0 Å². The van der Waals surface area contributed by atoms with Crippen molar-refractivity contribution in [2.45, 2.75) is 50.7 Å². The Morgan fingerprint density at radius 1 is 1.54 bits per heavy atom. The Hall–Kier alpha value is -0.160. The molecular formula is C9H19NO3. The molecule has 13 heavy (non-hydrogen) atoms. The second kappa shape index (κ2) is 4.37. The van der Waals surface area contributed by atoms with Crippen LogP contribution in [0.4, 0.5) is 0 Å². The Bertz CT molecular complexity index is 165. The molecule has 1 fully saturated rings. The number of methoxy groups -OCH3 is 1. The van der Waals surface area contributed by atoms with Gasteiger partial charge in [-0.15, -0.1) is 0 Å². The fourth-order valence-corrected chi connectivity index (χ4v) is 1.79. The monoisotopic (exact) mass is 189 g/mol. The van der Waals surface area contributed by atoms with Gasteiger partial charge in [-0.1, -0.05) is 6.92 Å². The minimum atomic E-state index is -0.610. The number of nitrogens with two attached hydrogens (primary N) is 1. The molecule has 78 valence electrons. The predicted molar refractivity (Wildman–Crippen MR) is 49.4 cm³/mol. The van der Waals surface area contributed by atoms with Crippen LogP contribution in [0.2, 0.25) is 0 Å². The first-order valence-corrected chi connectivity index (χ1v) is 4.73. The van der Waals surface area contributed by atoms with Gasteiger partial charge < -0.3 is 20.3 Å². The highest BCUT2D eigenvalue weighted by Crippen LogP contribution is 2.23. The van der Waals surface area contributed by atoms with Gasteiger partial charge >= 0.3 is 0 Å². The number of rotatable bonds is 2. The molecule has 0 saturated carbocycles. The fraction of sp³-hybridized carbons (Fsp3) is 1.00. The number of hydrogen-bond acceptors (Lipinski definition) is 4. The van der Waals surface area contributed by atoms with Crippen LogP contribution in [0, 0.1) is 0 Å². The average Bonchev–Trinajstić information content (AvgIpc) is 2.12. The van der Waals surface area contributed by atoms with E-state index >= 15 is 0 Å². The summed E-state index contributed by atoms with van der Waals surface area (Å²) in [6.07, 6.45) is -0.356. The molecule has 1 saturated heterocycles. The largest absolute Gasteiger partial charge is 0.388 e. The maximum Gasteiger partial charge on any atom is 0.108 e. The predicted octanol–water partition coefficient (Wildman–Crippen LogP) is -0.113. The van der Waals surface area contributed by atoms with E-state index in [0.29, 0.717) is 0 Å². The molecule has 0 aliphatic carbocycles. The van der Waals surface area contributed by atoms with Gasteiger partial charge in [-0.2, -0.15) is 0 Å². The summed E-state index contributed by atoms with van der Waals surface area (Å²) in [5, 5.41) is 9.79. The van der Waals surface area contributed by atoms with E-state index in [2.05, 4.69) is 0 Å². The first kappa shape index (κ1) is 10.9. The van der Waals surface area contributed by atoms with Crippen molar-refractivity contribution in [2.24, 2.45) is 5.73 Å². The van der Waals surface area contributed by atoms with Crippen LogP contribution < -0.4 is 5.73 Å². The van der Waals surface area contributed by atoms with Crippen LogP contribution in [0.15, 0.2) is 0 Å². The number of hydrogen-bond donors (Lipinski definition) is 2. The molecule has 5 unspecified atom stereocenters. The van der Waals surface area contributed by atoms with Gasteiger partial charge in [0.25, 0.3) is 0 Å². The molecule has 0 amide bonds. The minimum absolute atomic E-state index is 0.0571. The van der Waals surface area contributed by atoms with Gasteiger partial charge in [-0.05, 0) is 13.3 Å². The highest BCUT2D eigenvalue weighted by Gasteiger charge is 2.40. The molecule has 0 spiro atoms. The number of aliphatic hydroxyl groups excluding tert-OH is 1. The van der Waals surface area contributed by atoms with Crippen LogP contribution >= 0.6 is 0 Å². The van der Waals surface area contributed by atoms with Gasteiger partial charge in [0.05, 0.1) is 18.2 Å². The van der Waals surface area contributed by atoms with Crippen molar-refractivity contribution in [1.82, 2.24) is 0 Å². The van der Waals surface area contributed by atoms with Gasteiger partial charge in [-0.25, -0.2) is 0 Å². The quantitative estimate of drug-likeness (QED) is 0.636. The van der Waals surface area contributed by atoms with Gasteiger partial charge in [-0.3, -0.25) is 0 Å². The fourth-order valence-electron chi connectivity index (χ4n) is 1.79. The van der Waals surface area contributed by atoms with E-state index < -0.39 is 6.10 Å². The van der Waals surface area contributed by atoms with Crippen molar-refractivity contribution in [1.29, 1.82) is 0 Å². The van der Waals surface area contributed by atoms with E-state index in [9.17, 15) is 5.11 Å². The molecule has 0 radical (unpaired) electrons. The Balaban J connectivity index is 2.69. The zero-order valence-electron chi connectivity index (χ0n) is 8.43. The van der Waals surface area contributed by atoms with Crippen molar-refractivity contribution in [3.05, 3.63) is 0 Å². The average molecular weight is 189 g/mol. The van der Waals surface area contributed by atoms with E-state index in [-0.39, 0.29) is 24.4 Å². The highest BCUT2D eigenvalue weighted by atomic mass is 16.5. The first-order chi connectivity index (χ1) is 6.11. The maximum atomic E-state index is 9.79. The molecule has 1 aliphatic heterocycles. The van der Waals surface area contributed by atoms with Gasteiger partial charge in [0, 0.05) is 7.11 Å². The molecule has 0 aromatic carbocycles. The summed E-state index contributed by atoms with van der Waals surface area (Å²) in [6, 6.07) is -0.247. The molecule has 4 heteroatoms. The minimum Gasteiger partial charge on any atom is -0.388 e. The summed E-state index contributed by atoms with van der Waals surface area (Å²) in [5.41, 5.74) is 5.83. The van der Waals surface area contributed by atoms with E-state index in [1.165, 1.54) is 0 Å². The zero-order valence-corrected chi connectivity index (χ0v) is 8.43. The standard InChI is InChI=1S/C9H19NO3/c1-4-6-8(11)9(12-3)7(10)5(2)13-6/h5-9,11H,4,10H2,1-3H3. The summed E-state index contributed by atoms with van der Waals surface area (Å²) in [5.74, 6) is 0. The van der Waals surface area contributed by atoms with Crippen LogP contribution in [0.1, 0.15) is 20.3 Å². The number of ether oxygens (including phenoxy) is 2. The molecule has 4 nitrogen and oxygen atoms in total. The Morgan fingerprint density at radius 2 is 2.15 bits per heavy atom. The lowest BCUT2D eigenvalue weighted by atomic mass is 9.93. The van der Waals surface area contributed by atoms with Gasteiger partial charge in [0.2, 0.25) is 0 Å². The molecule has 1 aliphatic rings. The molecule has 1 rings (SSSR count). The van der Waals surface area contributed by atoms with E-state index in [1.807, 2.05) is 13.8 Å². The van der Waals surface area contributed by atoms with Crippen LogP contribution in [0.3, 0.4) is 0 Å². The topological polar surface area (TPSA) is 64.7 Å². The van der Waals surface area contributed by atoms with Crippen LogP contribution in [-0.2, 0) is 9.47 Å². The molecule has 0 aromatic rings. The van der Waals surface area contributed by atoms with Crippen LogP contribution in [0.5, 0.6) is 0 Å². The summed E-state index contributed by atoms with van der Waals surface area (Å²) in [7, 11) is 1.57. The van der Waals surface area contributed by atoms with Crippen molar-refractivity contribution in [3.63, 3.8) is 0 Å². The van der Waals surface area contributed by atoms with Crippen LogP contribution in [-0.4, -0.2) is 42.7 Å². The summed E-state index contributed by atoms with van der Waals surface area (Å²) < 4.78 is 10.7. The molecule has 3 N–H and O–H groups in total. The zero-order chi connectivity index (χ0) is 10.0. The van der Waals surface area contributed by atoms with Gasteiger partial charge in [0.15, 0.2) is 0 Å². The third kappa shape index (κ3) is 2.02. The Kier molecular flexibility index (Phi) is 3.67. The molecule has 0 aromatic heterocycles. The number of aliphatic hydroxyl groups is 1. The molecule has 5 atom stereocenters. The summed E-state index contributed by atoms with van der Waals surface area (Å²) in [6.45, 7) is 3.88. The van der Waals surface area contributed by atoms with Crippen molar-refractivity contribution < 1.29 is 14.6 Å². The van der Waals surface area contributed by atoms with E-state index in [4.69, 9.17) is 15.2 Å². The Morgan fingerprint density at radius 3 is 2.62 bits per heavy atom. The lowest BCUT2D eigenvalue weighted by Gasteiger charge is -2.41. The molecular weight excluding hydrogens is 170 g/mol. The normalized spacial score (nSPS) is 46.4. The lowest BCUT2D eigenvalue weighted by molar-refractivity contribution is -0.182. The van der Waals surface area contributed by atoms with Gasteiger partial charge in [0.1, 0.15) is 12.2 Å². The first-order valence-electron chi connectivity index (χ1n) is 4.73.